The van der Waals surface area contributed by atoms with Gasteiger partial charge in [0.2, 0.25) is 0 Å². The second-order valence-electron chi connectivity index (χ2n) is 6.89. The summed E-state index contributed by atoms with van der Waals surface area (Å²) in [5.41, 5.74) is 0. The standard InChI is InChI=1S/C28H40O2/c1-2-3-4-5-6-7-8-9-10-11-12-13-14-15-16-17-18-19-20-21-22-23-24-25-26-27-28(29)30/h3-4,6-7,9-10,12-21H,2,5,8,11,22-27H2,1H3,(H,29,30)/b4-3+,7-6+,10-9+,13-12+,15-14+,17-16+,19-18+,21-20+. The number of unbranched alkanes of at least 4 members (excludes halogenated alkanes) is 4. The first kappa shape index (κ1) is 27.4. The smallest absolute Gasteiger partial charge is 0.303 e. The molecule has 2 nitrogen and oxygen atoms in total. The highest BCUT2D eigenvalue weighted by Gasteiger charge is 1.95. The number of carboxylic acids is 1. The molecule has 0 amide bonds. The predicted octanol–water partition coefficient (Wildman–Crippen LogP) is 8.44. The summed E-state index contributed by atoms with van der Waals surface area (Å²) in [6.45, 7) is 2.15. The number of carboxylic acid groups (broad SMARTS) is 1. The van der Waals surface area contributed by atoms with Crippen LogP contribution < -0.4 is 0 Å². The number of carbonyl (C=O) groups is 1. The second kappa shape index (κ2) is 24.4. The first-order valence-electron chi connectivity index (χ1n) is 11.3. The fraction of sp³-hybridized carbons (Fsp3) is 0.393. The van der Waals surface area contributed by atoms with Crippen LogP contribution in [0, 0.1) is 0 Å². The summed E-state index contributed by atoms with van der Waals surface area (Å²) in [7, 11) is 0. The van der Waals surface area contributed by atoms with Gasteiger partial charge in [0.15, 0.2) is 0 Å². The van der Waals surface area contributed by atoms with Gasteiger partial charge in [0.1, 0.15) is 0 Å². The summed E-state index contributed by atoms with van der Waals surface area (Å²) in [6, 6.07) is 0. The van der Waals surface area contributed by atoms with E-state index < -0.39 is 5.97 Å². The van der Waals surface area contributed by atoms with Crippen molar-refractivity contribution in [3.63, 3.8) is 0 Å². The van der Waals surface area contributed by atoms with Crippen LogP contribution in [0.1, 0.15) is 71.1 Å². The molecule has 30 heavy (non-hydrogen) atoms. The molecule has 0 bridgehead atoms. The molecule has 0 saturated heterocycles. The molecule has 0 heterocycles. The van der Waals surface area contributed by atoms with Gasteiger partial charge in [0, 0.05) is 6.42 Å². The normalized spacial score (nSPS) is 13.4. The van der Waals surface area contributed by atoms with Crippen LogP contribution in [-0.2, 0) is 4.79 Å². The van der Waals surface area contributed by atoms with Gasteiger partial charge in [-0.3, -0.25) is 4.79 Å². The van der Waals surface area contributed by atoms with Gasteiger partial charge in [0.25, 0.3) is 0 Å². The van der Waals surface area contributed by atoms with E-state index in [9.17, 15) is 4.79 Å². The van der Waals surface area contributed by atoms with Crippen LogP contribution in [0.5, 0.6) is 0 Å². The summed E-state index contributed by atoms with van der Waals surface area (Å²) >= 11 is 0. The van der Waals surface area contributed by atoms with Gasteiger partial charge in [-0.25, -0.2) is 0 Å². The van der Waals surface area contributed by atoms with Crippen molar-refractivity contribution in [3.8, 4) is 0 Å². The third-order valence-corrected chi connectivity index (χ3v) is 4.11. The lowest BCUT2D eigenvalue weighted by atomic mass is 10.1. The molecule has 0 aromatic rings. The Hall–Kier alpha value is -2.61. The molecule has 0 atom stereocenters. The monoisotopic (exact) mass is 408 g/mol. The fourth-order valence-electron chi connectivity index (χ4n) is 2.49. The zero-order valence-electron chi connectivity index (χ0n) is 18.7. The first-order valence-corrected chi connectivity index (χ1v) is 11.3. The number of aliphatic carboxylic acids is 1. The van der Waals surface area contributed by atoms with E-state index in [0.29, 0.717) is 6.42 Å². The van der Waals surface area contributed by atoms with E-state index in [-0.39, 0.29) is 0 Å². The molecule has 0 spiro atoms. The maximum atomic E-state index is 10.4. The molecule has 2 heteroatoms. The van der Waals surface area contributed by atoms with Crippen molar-refractivity contribution in [2.45, 2.75) is 71.1 Å². The largest absolute Gasteiger partial charge is 0.481 e. The SMILES string of the molecule is CC/C=C/C/C=C/C/C=C/C/C=C/C=C/C=C/C=C/C=C/CCCCCCC(=O)O. The van der Waals surface area contributed by atoms with Crippen LogP contribution in [0.2, 0.25) is 0 Å². The highest BCUT2D eigenvalue weighted by atomic mass is 16.4. The lowest BCUT2D eigenvalue weighted by Gasteiger charge is -1.96. The fourth-order valence-corrected chi connectivity index (χ4v) is 2.49. The van der Waals surface area contributed by atoms with Crippen LogP contribution in [0.25, 0.3) is 0 Å². The second-order valence-corrected chi connectivity index (χ2v) is 6.89. The number of hydrogen-bond acceptors (Lipinski definition) is 1. The Morgan fingerprint density at radius 2 is 1.03 bits per heavy atom. The van der Waals surface area contributed by atoms with E-state index in [0.717, 1.165) is 57.8 Å². The van der Waals surface area contributed by atoms with Crippen LogP contribution in [0.15, 0.2) is 97.2 Å². The van der Waals surface area contributed by atoms with Crippen LogP contribution in [0.3, 0.4) is 0 Å². The van der Waals surface area contributed by atoms with Gasteiger partial charge >= 0.3 is 5.97 Å². The molecule has 0 rings (SSSR count). The molecule has 0 saturated carbocycles. The summed E-state index contributed by atoms with van der Waals surface area (Å²) in [4.78, 5) is 10.4. The molecule has 0 aromatic carbocycles. The molecule has 0 aliphatic heterocycles. The minimum Gasteiger partial charge on any atom is -0.481 e. The van der Waals surface area contributed by atoms with Crippen molar-refractivity contribution in [2.75, 3.05) is 0 Å². The molecule has 0 unspecified atom stereocenters. The average Bonchev–Trinajstić information content (AvgIpc) is 2.73. The number of hydrogen-bond donors (Lipinski definition) is 1. The zero-order valence-corrected chi connectivity index (χ0v) is 18.7. The third kappa shape index (κ3) is 25.4. The van der Waals surface area contributed by atoms with Crippen molar-refractivity contribution in [2.24, 2.45) is 0 Å². The molecular weight excluding hydrogens is 368 g/mol. The molecule has 164 valence electrons. The van der Waals surface area contributed by atoms with Crippen molar-refractivity contribution >= 4 is 5.97 Å². The highest BCUT2D eigenvalue weighted by molar-refractivity contribution is 5.66. The van der Waals surface area contributed by atoms with E-state index in [1.165, 1.54) is 0 Å². The topological polar surface area (TPSA) is 37.3 Å². The first-order chi connectivity index (χ1) is 14.8. The number of rotatable bonds is 18. The van der Waals surface area contributed by atoms with Crippen LogP contribution in [0.4, 0.5) is 0 Å². The Morgan fingerprint density at radius 3 is 1.60 bits per heavy atom. The summed E-state index contributed by atoms with van der Waals surface area (Å²) in [5, 5.41) is 8.56. The Labute approximate surface area is 184 Å². The maximum absolute atomic E-state index is 10.4. The minimum atomic E-state index is -0.693. The third-order valence-electron chi connectivity index (χ3n) is 4.11. The van der Waals surface area contributed by atoms with E-state index in [4.69, 9.17) is 5.11 Å². The predicted molar refractivity (Wildman–Crippen MR) is 133 cm³/mol. The van der Waals surface area contributed by atoms with Crippen LogP contribution in [-0.4, -0.2) is 11.1 Å². The maximum Gasteiger partial charge on any atom is 0.303 e. The molecule has 1 N–H and O–H groups in total. The van der Waals surface area contributed by atoms with E-state index in [2.05, 4.69) is 67.7 Å². The summed E-state index contributed by atoms with van der Waals surface area (Å²) in [5.74, 6) is -0.693. The quantitative estimate of drug-likeness (QED) is 0.140. The van der Waals surface area contributed by atoms with E-state index >= 15 is 0 Å². The molecule has 0 aliphatic rings. The Morgan fingerprint density at radius 1 is 0.567 bits per heavy atom. The van der Waals surface area contributed by atoms with Crippen molar-refractivity contribution < 1.29 is 9.90 Å². The zero-order chi connectivity index (χ0) is 22.0. The van der Waals surface area contributed by atoms with E-state index in [1.807, 2.05) is 36.5 Å². The van der Waals surface area contributed by atoms with Crippen molar-refractivity contribution in [3.05, 3.63) is 97.2 Å². The molecular formula is C28H40O2. The molecule has 0 aromatic heterocycles. The van der Waals surface area contributed by atoms with Crippen molar-refractivity contribution in [1.82, 2.24) is 0 Å². The van der Waals surface area contributed by atoms with Gasteiger partial charge in [0.05, 0.1) is 0 Å². The highest BCUT2D eigenvalue weighted by Crippen LogP contribution is 2.05. The van der Waals surface area contributed by atoms with Gasteiger partial charge in [-0.05, 0) is 44.9 Å². The Bertz CT molecular complexity index is 625. The molecule has 0 aliphatic carbocycles. The minimum absolute atomic E-state index is 0.293. The van der Waals surface area contributed by atoms with Gasteiger partial charge in [-0.1, -0.05) is 117 Å². The van der Waals surface area contributed by atoms with Gasteiger partial charge < -0.3 is 5.11 Å². The van der Waals surface area contributed by atoms with Gasteiger partial charge in [-0.2, -0.15) is 0 Å². The lowest BCUT2D eigenvalue weighted by molar-refractivity contribution is -0.137. The number of allylic oxidation sites excluding steroid dienone is 16. The van der Waals surface area contributed by atoms with Crippen LogP contribution >= 0.6 is 0 Å². The lowest BCUT2D eigenvalue weighted by Crippen LogP contribution is -1.93. The Balaban J connectivity index is 3.63. The summed E-state index contributed by atoms with van der Waals surface area (Å²) < 4.78 is 0. The molecule has 0 fully saturated rings. The summed E-state index contributed by atoms with van der Waals surface area (Å²) in [6.07, 6.45) is 43.3. The van der Waals surface area contributed by atoms with E-state index in [1.54, 1.807) is 0 Å². The molecule has 0 radical (unpaired) electrons. The average molecular weight is 409 g/mol. The van der Waals surface area contributed by atoms with Crippen molar-refractivity contribution in [1.29, 1.82) is 0 Å². The Kier molecular flexibility index (Phi) is 22.3. The van der Waals surface area contributed by atoms with Gasteiger partial charge in [-0.15, -0.1) is 0 Å².